The molecule has 0 bridgehead atoms. The van der Waals surface area contributed by atoms with Crippen LogP contribution in [0.1, 0.15) is 92.6 Å². The van der Waals surface area contributed by atoms with Crippen molar-refractivity contribution in [3.8, 4) is 11.3 Å². The second-order valence-electron chi connectivity index (χ2n) is 13.7. The molecule has 4 nitrogen and oxygen atoms in total. The Morgan fingerprint density at radius 1 is 0.878 bits per heavy atom. The van der Waals surface area contributed by atoms with Crippen LogP contribution in [0.2, 0.25) is 0 Å². The Labute approximate surface area is 303 Å². The SMILES string of the molecule is CC(C)c1cc(-c2nccc3c2oc2c(F)cccc23)[c-]c2ccc3ccccc3c12.CCC(C)(CC)C(=O)/C=C(\O)C(C)(CC)CC.[Ir]. The minimum Gasteiger partial charge on any atom is -0.512 e. The molecule has 0 amide bonds. The fourth-order valence-corrected chi connectivity index (χ4v) is 6.24. The average molecular weight is 837 g/mol. The molecule has 1 radical (unpaired) electrons. The van der Waals surface area contributed by atoms with Gasteiger partial charge in [-0.15, -0.1) is 29.1 Å². The standard InChI is InChI=1S/C28H19FNO.C15H28O2.Ir/c1-16(2)23-15-19(14-18-11-10-17-6-3-4-7-20(17)25(18)23)26-28-22(12-13-30-26)21-8-5-9-24(29)27(21)31-28;1-7-14(5,8-2)12(16)11-13(17)15(6,9-3)10-4;/h3-13,15-16H,1-2H3;11,16H,7-10H2,1-6H3;/q-1;;/b;12-11-;. The maximum Gasteiger partial charge on any atom is 0.170 e. The molecule has 4 aromatic carbocycles. The first-order valence-electron chi connectivity index (χ1n) is 17.2. The number of benzene rings is 4. The molecule has 0 spiro atoms. The van der Waals surface area contributed by atoms with Crippen molar-refractivity contribution in [1.29, 1.82) is 0 Å². The molecule has 6 heteroatoms. The first-order chi connectivity index (χ1) is 22.9. The summed E-state index contributed by atoms with van der Waals surface area (Å²) in [4.78, 5) is 16.8. The molecule has 0 aliphatic rings. The van der Waals surface area contributed by atoms with Crippen molar-refractivity contribution in [3.05, 3.63) is 102 Å². The van der Waals surface area contributed by atoms with E-state index in [1.54, 1.807) is 12.3 Å². The molecule has 2 heterocycles. The van der Waals surface area contributed by atoms with Gasteiger partial charge in [-0.1, -0.05) is 109 Å². The van der Waals surface area contributed by atoms with E-state index in [9.17, 15) is 14.3 Å². The normalized spacial score (nSPS) is 12.4. The van der Waals surface area contributed by atoms with Crippen LogP contribution < -0.4 is 0 Å². The zero-order valence-corrected chi connectivity index (χ0v) is 32.2. The summed E-state index contributed by atoms with van der Waals surface area (Å²) in [6.45, 7) is 16.5. The predicted molar refractivity (Wildman–Crippen MR) is 198 cm³/mol. The summed E-state index contributed by atoms with van der Waals surface area (Å²) in [7, 11) is 0. The summed E-state index contributed by atoms with van der Waals surface area (Å²) in [6, 6.07) is 25.3. The van der Waals surface area contributed by atoms with Crippen LogP contribution in [-0.4, -0.2) is 15.9 Å². The van der Waals surface area contributed by atoms with Gasteiger partial charge in [0, 0.05) is 59.7 Å². The van der Waals surface area contributed by atoms with Gasteiger partial charge in [-0.25, -0.2) is 4.39 Å². The number of nitrogens with zero attached hydrogens (tertiary/aromatic N) is 1. The van der Waals surface area contributed by atoms with Crippen LogP contribution in [0.15, 0.2) is 89.2 Å². The number of carbonyl (C=O) groups is 1. The van der Waals surface area contributed by atoms with Crippen molar-refractivity contribution in [2.75, 3.05) is 0 Å². The van der Waals surface area contributed by atoms with Crippen molar-refractivity contribution in [2.24, 2.45) is 10.8 Å². The molecule has 259 valence electrons. The van der Waals surface area contributed by atoms with Gasteiger partial charge < -0.3 is 9.52 Å². The zero-order chi connectivity index (χ0) is 34.8. The number of rotatable bonds is 9. The fourth-order valence-electron chi connectivity index (χ4n) is 6.24. The number of aromatic nitrogens is 1. The number of hydrogen-bond acceptors (Lipinski definition) is 4. The van der Waals surface area contributed by atoms with Gasteiger partial charge in [0.2, 0.25) is 0 Å². The minimum absolute atomic E-state index is 0. The van der Waals surface area contributed by atoms with Crippen LogP contribution in [0.5, 0.6) is 0 Å². The van der Waals surface area contributed by atoms with Crippen molar-refractivity contribution < 1.29 is 38.8 Å². The molecule has 0 aliphatic heterocycles. The smallest absolute Gasteiger partial charge is 0.170 e. The van der Waals surface area contributed by atoms with Crippen LogP contribution in [-0.2, 0) is 24.9 Å². The molecule has 2 aromatic heterocycles. The second kappa shape index (κ2) is 15.4. The van der Waals surface area contributed by atoms with E-state index in [0.717, 1.165) is 47.4 Å². The molecular formula is C43H47FIrNO3-. The quantitative estimate of drug-likeness (QED) is 0.0682. The second-order valence-corrected chi connectivity index (χ2v) is 13.7. The number of allylic oxidation sites excluding steroid dienone is 2. The topological polar surface area (TPSA) is 63.3 Å². The van der Waals surface area contributed by atoms with Gasteiger partial charge in [-0.2, -0.15) is 0 Å². The average Bonchev–Trinajstić information content (AvgIpc) is 3.50. The van der Waals surface area contributed by atoms with Gasteiger partial charge in [-0.05, 0) is 54.5 Å². The number of halogens is 1. The third kappa shape index (κ3) is 7.23. The summed E-state index contributed by atoms with van der Waals surface area (Å²) in [6.07, 6.45) is 6.51. The molecule has 0 saturated carbocycles. The number of aliphatic hydroxyl groups excluding tert-OH is 1. The Kier molecular flexibility index (Phi) is 11.9. The van der Waals surface area contributed by atoms with Crippen LogP contribution in [0, 0.1) is 22.7 Å². The number of pyridine rings is 1. The zero-order valence-electron chi connectivity index (χ0n) is 29.8. The molecule has 1 N–H and O–H groups in total. The van der Waals surface area contributed by atoms with E-state index in [2.05, 4.69) is 67.4 Å². The number of furan rings is 1. The van der Waals surface area contributed by atoms with E-state index in [1.165, 1.54) is 33.9 Å². The molecule has 6 aromatic rings. The number of ketones is 1. The predicted octanol–water partition coefficient (Wildman–Crippen LogP) is 12.7. The van der Waals surface area contributed by atoms with E-state index >= 15 is 0 Å². The molecule has 0 saturated heterocycles. The Morgan fingerprint density at radius 3 is 2.16 bits per heavy atom. The first-order valence-corrected chi connectivity index (χ1v) is 17.2. The Hall–Kier alpha value is -3.86. The van der Waals surface area contributed by atoms with Gasteiger partial charge >= 0.3 is 0 Å². The van der Waals surface area contributed by atoms with E-state index in [0.29, 0.717) is 17.2 Å². The van der Waals surface area contributed by atoms with Gasteiger partial charge in [0.05, 0.1) is 0 Å². The maximum atomic E-state index is 14.4. The van der Waals surface area contributed by atoms with Gasteiger partial charge in [0.25, 0.3) is 0 Å². The molecule has 6 rings (SSSR count). The van der Waals surface area contributed by atoms with E-state index in [4.69, 9.17) is 4.42 Å². The van der Waals surface area contributed by atoms with E-state index < -0.39 is 0 Å². The fraction of sp³-hybridized carbons (Fsp3) is 0.349. The number of hydrogen-bond donors (Lipinski definition) is 1. The molecular weight excluding hydrogens is 790 g/mol. The van der Waals surface area contributed by atoms with E-state index in [-0.39, 0.29) is 53.9 Å². The van der Waals surface area contributed by atoms with Crippen molar-refractivity contribution >= 4 is 49.3 Å². The summed E-state index contributed by atoms with van der Waals surface area (Å²) in [5.74, 6) is 0.235. The van der Waals surface area contributed by atoms with Gasteiger partial charge in [0.1, 0.15) is 11.3 Å². The number of carbonyl (C=O) groups excluding carboxylic acids is 1. The van der Waals surface area contributed by atoms with Crippen molar-refractivity contribution in [2.45, 2.75) is 87.0 Å². The van der Waals surface area contributed by atoms with Crippen molar-refractivity contribution in [1.82, 2.24) is 4.98 Å². The number of aliphatic hydroxyl groups is 1. The van der Waals surface area contributed by atoms with Crippen LogP contribution in [0.4, 0.5) is 4.39 Å². The summed E-state index contributed by atoms with van der Waals surface area (Å²) >= 11 is 0. The minimum atomic E-state index is -0.364. The molecule has 0 aliphatic carbocycles. The molecule has 49 heavy (non-hydrogen) atoms. The Balaban J connectivity index is 0.000000260. The maximum absolute atomic E-state index is 14.4. The monoisotopic (exact) mass is 837 g/mol. The van der Waals surface area contributed by atoms with Crippen LogP contribution in [0.3, 0.4) is 0 Å². The summed E-state index contributed by atoms with van der Waals surface area (Å²) < 4.78 is 20.4. The third-order valence-corrected chi connectivity index (χ3v) is 10.6. The number of fused-ring (bicyclic) bond motifs is 6. The Morgan fingerprint density at radius 2 is 1.51 bits per heavy atom. The van der Waals surface area contributed by atoms with Crippen molar-refractivity contribution in [3.63, 3.8) is 0 Å². The summed E-state index contributed by atoms with van der Waals surface area (Å²) in [5, 5.41) is 16.5. The molecule has 0 unspecified atom stereocenters. The largest absolute Gasteiger partial charge is 0.512 e. The summed E-state index contributed by atoms with van der Waals surface area (Å²) in [5.41, 5.74) is 3.04. The Bertz CT molecular complexity index is 2140. The molecule has 0 fully saturated rings. The van der Waals surface area contributed by atoms with Crippen LogP contribution >= 0.6 is 0 Å². The van der Waals surface area contributed by atoms with E-state index in [1.807, 2.05) is 53.7 Å². The third-order valence-electron chi connectivity index (χ3n) is 10.6. The number of para-hydroxylation sites is 1. The molecule has 0 atom stereocenters. The van der Waals surface area contributed by atoms with Gasteiger partial charge in [0.15, 0.2) is 17.2 Å². The van der Waals surface area contributed by atoms with Gasteiger partial charge in [-0.3, -0.25) is 9.78 Å². The first kappa shape index (κ1) is 37.9. The van der Waals surface area contributed by atoms with Crippen LogP contribution in [0.25, 0.3) is 54.7 Å².